The van der Waals surface area contributed by atoms with E-state index in [4.69, 9.17) is 5.11 Å². The molecule has 4 heteroatoms. The zero-order valence-corrected chi connectivity index (χ0v) is 9.94. The summed E-state index contributed by atoms with van der Waals surface area (Å²) in [4.78, 5) is 11.7. The van der Waals surface area contributed by atoms with Crippen LogP contribution in [0.25, 0.3) is 0 Å². The van der Waals surface area contributed by atoms with Gasteiger partial charge in [0.1, 0.15) is 6.54 Å². The first kappa shape index (κ1) is 12.8. The number of aliphatic hydroxyl groups is 1. The van der Waals surface area contributed by atoms with Crippen LogP contribution in [0.5, 0.6) is 0 Å². The van der Waals surface area contributed by atoms with Crippen molar-refractivity contribution < 1.29 is 9.90 Å². The average molecular weight is 224 g/mol. The van der Waals surface area contributed by atoms with Gasteiger partial charge in [0, 0.05) is 17.9 Å². The fourth-order valence-electron chi connectivity index (χ4n) is 1.67. The molecule has 0 radical (unpaired) electrons. The Hall–Kier alpha value is -1.29. The van der Waals surface area contributed by atoms with Crippen molar-refractivity contribution in [1.29, 1.82) is 0 Å². The summed E-state index contributed by atoms with van der Waals surface area (Å²) in [6, 6.07) is 3.89. The number of amides is 1. The highest BCUT2D eigenvalue weighted by Crippen LogP contribution is 2.02. The molecule has 0 fully saturated rings. The van der Waals surface area contributed by atoms with Crippen LogP contribution in [0, 0.1) is 0 Å². The van der Waals surface area contributed by atoms with Crippen LogP contribution < -0.4 is 5.32 Å². The molecule has 1 amide bonds. The Labute approximate surface area is 96.3 Å². The van der Waals surface area contributed by atoms with Crippen molar-refractivity contribution in [3.8, 4) is 0 Å². The van der Waals surface area contributed by atoms with E-state index in [1.54, 1.807) is 10.8 Å². The van der Waals surface area contributed by atoms with Gasteiger partial charge in [-0.1, -0.05) is 13.8 Å². The third kappa shape index (κ3) is 3.38. The lowest BCUT2D eigenvalue weighted by atomic mass is 10.2. The first-order valence-corrected chi connectivity index (χ1v) is 5.75. The number of hydrogen-bond donors (Lipinski definition) is 2. The summed E-state index contributed by atoms with van der Waals surface area (Å²) < 4.78 is 1.76. The van der Waals surface area contributed by atoms with Crippen molar-refractivity contribution in [3.63, 3.8) is 0 Å². The lowest BCUT2D eigenvalue weighted by molar-refractivity contribution is -0.122. The van der Waals surface area contributed by atoms with E-state index in [1.807, 2.05) is 12.1 Å². The molecule has 0 saturated heterocycles. The molecule has 4 nitrogen and oxygen atoms in total. The van der Waals surface area contributed by atoms with E-state index in [1.165, 1.54) is 0 Å². The van der Waals surface area contributed by atoms with Gasteiger partial charge in [-0.3, -0.25) is 4.79 Å². The Bertz CT molecular complexity index is 330. The standard InChI is InChI=1S/C12H20N2O2/c1-3-10(4-2)13-12(16)8-14-7-5-6-11(14)9-15/h5-7,10,15H,3-4,8-9H2,1-2H3,(H,13,16). The van der Waals surface area contributed by atoms with Crippen LogP contribution >= 0.6 is 0 Å². The molecular weight excluding hydrogens is 204 g/mol. The number of carbonyl (C=O) groups is 1. The van der Waals surface area contributed by atoms with Gasteiger partial charge in [-0.05, 0) is 25.0 Å². The fourth-order valence-corrected chi connectivity index (χ4v) is 1.67. The predicted octanol–water partition coefficient (Wildman–Crippen LogP) is 1.29. The summed E-state index contributed by atoms with van der Waals surface area (Å²) in [6.07, 6.45) is 3.69. The summed E-state index contributed by atoms with van der Waals surface area (Å²) in [7, 11) is 0. The summed E-state index contributed by atoms with van der Waals surface area (Å²) in [5.74, 6) is -0.000370. The van der Waals surface area contributed by atoms with E-state index in [0.717, 1.165) is 18.5 Å². The molecule has 0 aliphatic heterocycles. The minimum Gasteiger partial charge on any atom is -0.390 e. The van der Waals surface area contributed by atoms with Gasteiger partial charge in [0.05, 0.1) is 6.61 Å². The first-order chi connectivity index (χ1) is 7.71. The van der Waals surface area contributed by atoms with E-state index >= 15 is 0 Å². The molecule has 1 heterocycles. The number of hydrogen-bond acceptors (Lipinski definition) is 2. The Balaban J connectivity index is 2.51. The molecular formula is C12H20N2O2. The van der Waals surface area contributed by atoms with Crippen LogP contribution in [0.15, 0.2) is 18.3 Å². The van der Waals surface area contributed by atoms with Crippen LogP contribution in [0.1, 0.15) is 32.4 Å². The van der Waals surface area contributed by atoms with Gasteiger partial charge in [-0.15, -0.1) is 0 Å². The predicted molar refractivity (Wildman–Crippen MR) is 62.9 cm³/mol. The molecule has 0 bridgehead atoms. The zero-order chi connectivity index (χ0) is 12.0. The van der Waals surface area contributed by atoms with Crippen molar-refractivity contribution in [2.45, 2.75) is 45.9 Å². The maximum atomic E-state index is 11.7. The Morgan fingerprint density at radius 3 is 2.75 bits per heavy atom. The maximum Gasteiger partial charge on any atom is 0.240 e. The van der Waals surface area contributed by atoms with Gasteiger partial charge in [-0.25, -0.2) is 0 Å². The van der Waals surface area contributed by atoms with Gasteiger partial charge in [0.25, 0.3) is 0 Å². The third-order valence-electron chi connectivity index (χ3n) is 2.75. The molecule has 1 aromatic heterocycles. The Kier molecular flexibility index (Phi) is 5.05. The second kappa shape index (κ2) is 6.33. The van der Waals surface area contributed by atoms with Crippen molar-refractivity contribution in [3.05, 3.63) is 24.0 Å². The fraction of sp³-hybridized carbons (Fsp3) is 0.583. The number of carbonyl (C=O) groups excluding carboxylic acids is 1. The maximum absolute atomic E-state index is 11.7. The number of nitrogens with zero attached hydrogens (tertiary/aromatic N) is 1. The normalized spacial score (nSPS) is 10.8. The first-order valence-electron chi connectivity index (χ1n) is 5.75. The lowest BCUT2D eigenvalue weighted by Gasteiger charge is -2.15. The zero-order valence-electron chi connectivity index (χ0n) is 9.94. The quantitative estimate of drug-likeness (QED) is 0.765. The van der Waals surface area contributed by atoms with Gasteiger partial charge >= 0.3 is 0 Å². The third-order valence-corrected chi connectivity index (χ3v) is 2.75. The molecule has 0 aromatic carbocycles. The highest BCUT2D eigenvalue weighted by molar-refractivity contribution is 5.76. The van der Waals surface area contributed by atoms with E-state index in [9.17, 15) is 4.79 Å². The molecule has 2 N–H and O–H groups in total. The van der Waals surface area contributed by atoms with Crippen LogP contribution in [0.2, 0.25) is 0 Å². The number of rotatable bonds is 6. The topological polar surface area (TPSA) is 54.3 Å². The summed E-state index contributed by atoms with van der Waals surface area (Å²) in [6.45, 7) is 4.36. The molecule has 1 aromatic rings. The summed E-state index contributed by atoms with van der Waals surface area (Å²) in [5, 5.41) is 12.0. The SMILES string of the molecule is CCC(CC)NC(=O)Cn1cccc1CO. The molecule has 1 rings (SSSR count). The Morgan fingerprint density at radius 1 is 1.50 bits per heavy atom. The molecule has 0 atom stereocenters. The Morgan fingerprint density at radius 2 is 2.19 bits per heavy atom. The molecule has 0 saturated carbocycles. The minimum atomic E-state index is -0.0364. The number of nitrogens with one attached hydrogen (secondary N) is 1. The number of aliphatic hydroxyl groups excluding tert-OH is 1. The van der Waals surface area contributed by atoms with E-state index in [0.29, 0.717) is 0 Å². The van der Waals surface area contributed by atoms with Crippen LogP contribution in [-0.4, -0.2) is 21.6 Å². The van der Waals surface area contributed by atoms with Gasteiger partial charge < -0.3 is 15.0 Å². The van der Waals surface area contributed by atoms with Crippen molar-refractivity contribution in [2.75, 3.05) is 0 Å². The molecule has 0 unspecified atom stereocenters. The molecule has 90 valence electrons. The van der Waals surface area contributed by atoms with Crippen molar-refractivity contribution in [1.82, 2.24) is 9.88 Å². The smallest absolute Gasteiger partial charge is 0.240 e. The van der Waals surface area contributed by atoms with E-state index in [-0.39, 0.29) is 25.1 Å². The summed E-state index contributed by atoms with van der Waals surface area (Å²) >= 11 is 0. The van der Waals surface area contributed by atoms with E-state index in [2.05, 4.69) is 19.2 Å². The van der Waals surface area contributed by atoms with Crippen LogP contribution in [0.3, 0.4) is 0 Å². The van der Waals surface area contributed by atoms with Crippen molar-refractivity contribution in [2.24, 2.45) is 0 Å². The molecule has 0 spiro atoms. The second-order valence-corrected chi connectivity index (χ2v) is 3.87. The van der Waals surface area contributed by atoms with Gasteiger partial charge in [0.15, 0.2) is 0 Å². The van der Waals surface area contributed by atoms with Crippen molar-refractivity contribution >= 4 is 5.91 Å². The monoisotopic (exact) mass is 224 g/mol. The van der Waals surface area contributed by atoms with E-state index < -0.39 is 0 Å². The summed E-state index contributed by atoms with van der Waals surface area (Å²) in [5.41, 5.74) is 0.764. The molecule has 0 aliphatic carbocycles. The lowest BCUT2D eigenvalue weighted by Crippen LogP contribution is -2.36. The van der Waals surface area contributed by atoms with Gasteiger partial charge in [0.2, 0.25) is 5.91 Å². The van der Waals surface area contributed by atoms with Crippen LogP contribution in [0.4, 0.5) is 0 Å². The highest BCUT2D eigenvalue weighted by Gasteiger charge is 2.09. The number of aromatic nitrogens is 1. The van der Waals surface area contributed by atoms with Crippen LogP contribution in [-0.2, 0) is 17.9 Å². The minimum absolute atomic E-state index is 0.000370. The average Bonchev–Trinajstić information content (AvgIpc) is 2.73. The molecule has 16 heavy (non-hydrogen) atoms. The highest BCUT2D eigenvalue weighted by atomic mass is 16.3. The molecule has 0 aliphatic rings. The van der Waals surface area contributed by atoms with Gasteiger partial charge in [-0.2, -0.15) is 0 Å². The largest absolute Gasteiger partial charge is 0.390 e. The second-order valence-electron chi connectivity index (χ2n) is 3.87.